The van der Waals surface area contributed by atoms with E-state index in [0.717, 1.165) is 17.8 Å². The molecule has 2 atom stereocenters. The van der Waals surface area contributed by atoms with Crippen molar-refractivity contribution in [3.63, 3.8) is 0 Å². The van der Waals surface area contributed by atoms with Gasteiger partial charge in [-0.25, -0.2) is 0 Å². The Morgan fingerprint density at radius 3 is 2.56 bits per heavy atom. The molecular weight excluding hydrogens is 312 g/mol. The molecule has 0 spiro atoms. The number of hydrogen-bond donors (Lipinski definition) is 1. The molecule has 1 N–H and O–H groups in total. The maximum Gasteiger partial charge on any atom is 0.229 e. The van der Waals surface area contributed by atoms with Crippen LogP contribution in [0.15, 0.2) is 54.6 Å². The molecular formula is C21H24N2O2. The number of nitrogens with zero attached hydrogens (tertiary/aromatic N) is 1. The zero-order valence-corrected chi connectivity index (χ0v) is 14.7. The summed E-state index contributed by atoms with van der Waals surface area (Å²) in [6, 6.07) is 17.4. The molecule has 0 saturated carbocycles. The fraction of sp³-hybridized carbons (Fsp3) is 0.333. The summed E-state index contributed by atoms with van der Waals surface area (Å²) >= 11 is 0. The normalized spacial score (nSPS) is 18.2. The van der Waals surface area contributed by atoms with Crippen LogP contribution in [0.1, 0.15) is 38.2 Å². The van der Waals surface area contributed by atoms with Crippen LogP contribution < -0.4 is 10.2 Å². The number of hydrogen-bond acceptors (Lipinski definition) is 2. The van der Waals surface area contributed by atoms with Crippen molar-refractivity contribution in [1.82, 2.24) is 0 Å². The monoisotopic (exact) mass is 336 g/mol. The van der Waals surface area contributed by atoms with Crippen LogP contribution in [0.2, 0.25) is 0 Å². The van der Waals surface area contributed by atoms with Crippen molar-refractivity contribution >= 4 is 23.2 Å². The van der Waals surface area contributed by atoms with Crippen molar-refractivity contribution in [3.8, 4) is 0 Å². The minimum Gasteiger partial charge on any atom is -0.326 e. The zero-order chi connectivity index (χ0) is 17.8. The van der Waals surface area contributed by atoms with Gasteiger partial charge in [-0.3, -0.25) is 9.59 Å². The highest BCUT2D eigenvalue weighted by Gasteiger charge is 2.36. The predicted octanol–water partition coefficient (Wildman–Crippen LogP) is 4.19. The molecule has 1 saturated heterocycles. The lowest BCUT2D eigenvalue weighted by Gasteiger charge is -2.23. The van der Waals surface area contributed by atoms with E-state index < -0.39 is 0 Å². The Hall–Kier alpha value is -2.62. The van der Waals surface area contributed by atoms with E-state index in [-0.39, 0.29) is 24.2 Å². The Morgan fingerprint density at radius 1 is 1.16 bits per heavy atom. The van der Waals surface area contributed by atoms with Crippen LogP contribution in [-0.4, -0.2) is 18.4 Å². The maximum absolute atomic E-state index is 12.6. The third-order valence-corrected chi connectivity index (χ3v) is 4.91. The molecule has 0 aliphatic carbocycles. The van der Waals surface area contributed by atoms with Crippen molar-refractivity contribution < 1.29 is 9.59 Å². The van der Waals surface area contributed by atoms with Gasteiger partial charge in [0.05, 0.1) is 5.92 Å². The third kappa shape index (κ3) is 3.73. The van der Waals surface area contributed by atoms with Gasteiger partial charge < -0.3 is 10.2 Å². The van der Waals surface area contributed by atoms with Gasteiger partial charge >= 0.3 is 0 Å². The molecule has 1 aliphatic heterocycles. The molecule has 0 bridgehead atoms. The highest BCUT2D eigenvalue weighted by molar-refractivity contribution is 6.03. The highest BCUT2D eigenvalue weighted by Crippen LogP contribution is 2.33. The van der Waals surface area contributed by atoms with Crippen molar-refractivity contribution in [2.45, 2.75) is 32.6 Å². The minimum absolute atomic E-state index is 0.0176. The topological polar surface area (TPSA) is 49.4 Å². The first-order valence-corrected chi connectivity index (χ1v) is 8.85. The molecule has 4 heteroatoms. The Kier molecular flexibility index (Phi) is 5.17. The highest BCUT2D eigenvalue weighted by atomic mass is 16.2. The van der Waals surface area contributed by atoms with Crippen molar-refractivity contribution in [1.29, 1.82) is 0 Å². The summed E-state index contributed by atoms with van der Waals surface area (Å²) < 4.78 is 0. The number of carbonyl (C=O) groups is 2. The minimum atomic E-state index is -0.322. The van der Waals surface area contributed by atoms with Gasteiger partial charge in [-0.15, -0.1) is 0 Å². The molecule has 1 fully saturated rings. The summed E-state index contributed by atoms with van der Waals surface area (Å²) in [5, 5.41) is 2.91. The van der Waals surface area contributed by atoms with E-state index in [1.54, 1.807) is 4.90 Å². The van der Waals surface area contributed by atoms with Crippen molar-refractivity contribution in [2.75, 3.05) is 16.8 Å². The lowest BCUT2D eigenvalue weighted by Crippen LogP contribution is -2.29. The molecule has 1 aliphatic rings. The second-order valence-electron chi connectivity index (χ2n) is 6.63. The smallest absolute Gasteiger partial charge is 0.229 e. The van der Waals surface area contributed by atoms with Crippen molar-refractivity contribution in [2.24, 2.45) is 5.92 Å². The molecule has 130 valence electrons. The lowest BCUT2D eigenvalue weighted by molar-refractivity contribution is -0.122. The first-order valence-electron chi connectivity index (χ1n) is 8.85. The van der Waals surface area contributed by atoms with E-state index in [9.17, 15) is 9.59 Å². The molecule has 2 aromatic carbocycles. The van der Waals surface area contributed by atoms with Crippen LogP contribution >= 0.6 is 0 Å². The summed E-state index contributed by atoms with van der Waals surface area (Å²) in [4.78, 5) is 26.8. The summed E-state index contributed by atoms with van der Waals surface area (Å²) in [5.41, 5.74) is 2.87. The number of para-hydroxylation sites is 2. The molecule has 3 rings (SSSR count). The molecule has 0 aromatic heterocycles. The molecule has 4 nitrogen and oxygen atoms in total. The van der Waals surface area contributed by atoms with Gasteiger partial charge in [0, 0.05) is 24.3 Å². The van der Waals surface area contributed by atoms with Crippen LogP contribution in [0.5, 0.6) is 0 Å². The molecule has 25 heavy (non-hydrogen) atoms. The number of amides is 2. The Labute approximate surface area is 148 Å². The largest absolute Gasteiger partial charge is 0.326 e. The first-order chi connectivity index (χ1) is 12.1. The number of anilines is 2. The zero-order valence-electron chi connectivity index (χ0n) is 14.7. The van der Waals surface area contributed by atoms with E-state index in [0.29, 0.717) is 12.5 Å². The second-order valence-corrected chi connectivity index (χ2v) is 6.63. The Morgan fingerprint density at radius 2 is 1.84 bits per heavy atom. The van der Waals surface area contributed by atoms with Gasteiger partial charge in [0.15, 0.2) is 0 Å². The fourth-order valence-corrected chi connectivity index (χ4v) is 3.25. The fourth-order valence-electron chi connectivity index (χ4n) is 3.25. The van der Waals surface area contributed by atoms with Gasteiger partial charge in [-0.2, -0.15) is 0 Å². The van der Waals surface area contributed by atoms with Crippen LogP contribution in [0.4, 0.5) is 11.4 Å². The summed E-state index contributed by atoms with van der Waals surface area (Å²) in [6.45, 7) is 4.74. The van der Waals surface area contributed by atoms with Gasteiger partial charge in [-0.05, 0) is 36.1 Å². The van der Waals surface area contributed by atoms with Crippen LogP contribution in [0.3, 0.4) is 0 Å². The Bertz CT molecular complexity index is 758. The molecule has 2 aromatic rings. The van der Waals surface area contributed by atoms with E-state index >= 15 is 0 Å². The molecule has 1 heterocycles. The Balaban J connectivity index is 1.76. The van der Waals surface area contributed by atoms with Gasteiger partial charge in [0.25, 0.3) is 0 Å². The van der Waals surface area contributed by atoms with Crippen molar-refractivity contribution in [3.05, 3.63) is 60.2 Å². The molecule has 0 radical (unpaired) electrons. The van der Waals surface area contributed by atoms with Crippen LogP contribution in [-0.2, 0) is 9.59 Å². The number of rotatable bonds is 5. The summed E-state index contributed by atoms with van der Waals surface area (Å²) in [6.07, 6.45) is 1.27. The predicted molar refractivity (Wildman–Crippen MR) is 101 cm³/mol. The number of nitrogens with one attached hydrogen (secondary N) is 1. The van der Waals surface area contributed by atoms with E-state index in [1.165, 1.54) is 5.56 Å². The van der Waals surface area contributed by atoms with Crippen LogP contribution in [0, 0.1) is 5.92 Å². The van der Waals surface area contributed by atoms with Gasteiger partial charge in [-0.1, -0.05) is 50.2 Å². The summed E-state index contributed by atoms with van der Waals surface area (Å²) in [5.74, 6) is -0.0223. The number of benzene rings is 2. The maximum atomic E-state index is 12.6. The SMILES string of the molecule is CC[C@H](C)c1ccccc1N1C[C@H](C(=O)Nc2ccccc2)CC1=O. The van der Waals surface area contributed by atoms with E-state index in [2.05, 4.69) is 25.2 Å². The second kappa shape index (κ2) is 7.51. The average molecular weight is 336 g/mol. The van der Waals surface area contributed by atoms with Gasteiger partial charge in [0.2, 0.25) is 11.8 Å². The third-order valence-electron chi connectivity index (χ3n) is 4.91. The first kappa shape index (κ1) is 17.2. The molecule has 2 amide bonds. The standard InChI is InChI=1S/C21H24N2O2/c1-3-15(2)18-11-7-8-12-19(18)23-14-16(13-20(23)24)21(25)22-17-9-5-4-6-10-17/h4-12,15-16H,3,13-14H2,1-2H3,(H,22,25)/t15-,16+/m0/s1. The average Bonchev–Trinajstić information content (AvgIpc) is 3.03. The lowest BCUT2D eigenvalue weighted by atomic mass is 9.96. The summed E-state index contributed by atoms with van der Waals surface area (Å²) in [7, 11) is 0. The van der Waals surface area contributed by atoms with E-state index in [1.807, 2.05) is 48.5 Å². The number of carbonyl (C=O) groups excluding carboxylic acids is 2. The molecule has 0 unspecified atom stereocenters. The van der Waals surface area contributed by atoms with Crippen LogP contribution in [0.25, 0.3) is 0 Å². The van der Waals surface area contributed by atoms with Gasteiger partial charge in [0.1, 0.15) is 0 Å². The quantitative estimate of drug-likeness (QED) is 0.890. The van der Waals surface area contributed by atoms with E-state index in [4.69, 9.17) is 0 Å².